The van der Waals surface area contributed by atoms with E-state index in [4.69, 9.17) is 0 Å². The van der Waals surface area contributed by atoms with Gasteiger partial charge in [0.25, 0.3) is 5.91 Å². The number of halogens is 1. The summed E-state index contributed by atoms with van der Waals surface area (Å²) in [5.41, 5.74) is 6.96. The number of benzene rings is 2. The molecule has 9 heteroatoms. The summed E-state index contributed by atoms with van der Waals surface area (Å²) in [7, 11) is 0. The highest BCUT2D eigenvalue weighted by atomic mass is 79.9. The van der Waals surface area contributed by atoms with Crippen LogP contribution in [0.5, 0.6) is 0 Å². The topological polar surface area (TPSA) is 88.1 Å². The molecular formula is C20H22BrN5O2S. The molecule has 0 aliphatic heterocycles. The summed E-state index contributed by atoms with van der Waals surface area (Å²) in [6.07, 6.45) is 0. The number of fused-ring (bicyclic) bond motifs is 1. The zero-order chi connectivity index (χ0) is 20.8. The largest absolute Gasteiger partial charge is 0.336 e. The third kappa shape index (κ3) is 5.51. The van der Waals surface area contributed by atoms with Crippen LogP contribution in [-0.4, -0.2) is 33.8 Å². The number of imidazole rings is 1. The number of amides is 3. The van der Waals surface area contributed by atoms with E-state index >= 15 is 0 Å². The molecule has 0 saturated carbocycles. The smallest absolute Gasteiger partial charge is 0.333 e. The van der Waals surface area contributed by atoms with Crippen molar-refractivity contribution in [2.24, 2.45) is 0 Å². The summed E-state index contributed by atoms with van der Waals surface area (Å²) >= 11 is 5.04. The third-order valence-corrected chi connectivity index (χ3v) is 5.82. The first-order chi connectivity index (χ1) is 14.0. The minimum atomic E-state index is -0.457. The van der Waals surface area contributed by atoms with E-state index in [1.54, 1.807) is 23.9 Å². The summed E-state index contributed by atoms with van der Waals surface area (Å²) in [6, 6.07) is 12.8. The van der Waals surface area contributed by atoms with Gasteiger partial charge in [0.2, 0.25) is 0 Å². The molecule has 152 valence electrons. The number of nitrogens with zero attached hydrogens (tertiary/aromatic N) is 2. The van der Waals surface area contributed by atoms with Gasteiger partial charge in [0, 0.05) is 33.8 Å². The molecule has 3 aromatic rings. The highest BCUT2D eigenvalue weighted by Crippen LogP contribution is 2.20. The van der Waals surface area contributed by atoms with Gasteiger partial charge in [-0.15, -0.1) is 11.8 Å². The SMILES string of the molecule is CCn1c(C)nc2cc(C(=O)NNC(=O)NCCSc3ccc(Br)cc3)ccc21. The molecule has 2 aromatic carbocycles. The molecule has 0 unspecified atom stereocenters. The van der Waals surface area contributed by atoms with Crippen molar-refractivity contribution in [3.8, 4) is 0 Å². The molecule has 1 aromatic heterocycles. The Morgan fingerprint density at radius 1 is 1.14 bits per heavy atom. The van der Waals surface area contributed by atoms with Crippen LogP contribution >= 0.6 is 27.7 Å². The molecule has 1 heterocycles. The summed E-state index contributed by atoms with van der Waals surface area (Å²) < 4.78 is 3.11. The molecule has 0 spiro atoms. The van der Waals surface area contributed by atoms with E-state index in [1.165, 1.54) is 0 Å². The fraction of sp³-hybridized carbons (Fsp3) is 0.250. The van der Waals surface area contributed by atoms with Crippen LogP contribution in [0.3, 0.4) is 0 Å². The minimum absolute atomic E-state index is 0.394. The third-order valence-electron chi connectivity index (χ3n) is 4.28. The van der Waals surface area contributed by atoms with Crippen LogP contribution in [0, 0.1) is 6.92 Å². The normalized spacial score (nSPS) is 10.7. The lowest BCUT2D eigenvalue weighted by atomic mass is 10.2. The Morgan fingerprint density at radius 3 is 2.62 bits per heavy atom. The van der Waals surface area contributed by atoms with Gasteiger partial charge in [0.15, 0.2) is 0 Å². The maximum Gasteiger partial charge on any atom is 0.333 e. The van der Waals surface area contributed by atoms with Crippen molar-refractivity contribution in [3.05, 3.63) is 58.3 Å². The molecule has 0 radical (unpaired) electrons. The van der Waals surface area contributed by atoms with Crippen LogP contribution in [0.1, 0.15) is 23.1 Å². The first-order valence-electron chi connectivity index (χ1n) is 9.17. The second-order valence-corrected chi connectivity index (χ2v) is 8.33. The zero-order valence-corrected chi connectivity index (χ0v) is 18.6. The summed E-state index contributed by atoms with van der Waals surface area (Å²) in [5.74, 6) is 1.23. The Morgan fingerprint density at radius 2 is 1.90 bits per heavy atom. The van der Waals surface area contributed by atoms with Crippen LogP contribution < -0.4 is 16.2 Å². The number of thioether (sulfide) groups is 1. The van der Waals surface area contributed by atoms with Crippen molar-refractivity contribution >= 4 is 50.7 Å². The number of hydrazine groups is 1. The summed E-state index contributed by atoms with van der Waals surface area (Å²) in [6.45, 7) is 5.27. The van der Waals surface area contributed by atoms with Crippen LogP contribution in [0.2, 0.25) is 0 Å². The highest BCUT2D eigenvalue weighted by molar-refractivity contribution is 9.10. The van der Waals surface area contributed by atoms with Crippen LogP contribution in [0.4, 0.5) is 4.79 Å². The highest BCUT2D eigenvalue weighted by Gasteiger charge is 2.11. The van der Waals surface area contributed by atoms with E-state index in [-0.39, 0.29) is 0 Å². The van der Waals surface area contributed by atoms with E-state index in [9.17, 15) is 9.59 Å². The van der Waals surface area contributed by atoms with Crippen molar-refractivity contribution in [2.75, 3.05) is 12.3 Å². The molecule has 0 fully saturated rings. The number of hydrogen-bond donors (Lipinski definition) is 3. The summed E-state index contributed by atoms with van der Waals surface area (Å²) in [4.78, 5) is 29.8. The molecule has 3 N–H and O–H groups in total. The molecule has 0 saturated heterocycles. The molecule has 29 heavy (non-hydrogen) atoms. The van der Waals surface area contributed by atoms with Crippen molar-refractivity contribution in [1.29, 1.82) is 0 Å². The molecular weight excluding hydrogens is 454 g/mol. The fourth-order valence-corrected chi connectivity index (χ4v) is 3.92. The lowest BCUT2D eigenvalue weighted by Crippen LogP contribution is -2.47. The number of rotatable bonds is 6. The van der Waals surface area contributed by atoms with E-state index in [1.807, 2.05) is 37.3 Å². The number of nitrogens with one attached hydrogen (secondary N) is 3. The average molecular weight is 476 g/mol. The van der Waals surface area contributed by atoms with Gasteiger partial charge in [-0.05, 0) is 56.3 Å². The number of urea groups is 1. The lowest BCUT2D eigenvalue weighted by molar-refractivity contribution is 0.0936. The number of aromatic nitrogens is 2. The molecule has 7 nitrogen and oxygen atoms in total. The molecule has 3 amide bonds. The molecule has 3 rings (SSSR count). The van der Waals surface area contributed by atoms with Crippen molar-refractivity contribution < 1.29 is 9.59 Å². The number of carbonyl (C=O) groups excluding carboxylic acids is 2. The van der Waals surface area contributed by atoms with E-state index in [2.05, 4.69) is 48.6 Å². The monoisotopic (exact) mass is 475 g/mol. The molecule has 0 aliphatic rings. The molecule has 0 atom stereocenters. The van der Waals surface area contributed by atoms with Crippen molar-refractivity contribution in [3.63, 3.8) is 0 Å². The Hall–Kier alpha value is -2.52. The quantitative estimate of drug-likeness (QED) is 0.287. The number of carbonyl (C=O) groups is 2. The fourth-order valence-electron chi connectivity index (χ4n) is 2.88. The molecule has 0 bridgehead atoms. The predicted octanol–water partition coefficient (Wildman–Crippen LogP) is 3.86. The maximum absolute atomic E-state index is 12.3. The second-order valence-electron chi connectivity index (χ2n) is 6.24. The maximum atomic E-state index is 12.3. The van der Waals surface area contributed by atoms with Crippen molar-refractivity contribution in [1.82, 2.24) is 25.7 Å². The first kappa shape index (κ1) is 21.2. The van der Waals surface area contributed by atoms with E-state index in [0.717, 1.165) is 38.5 Å². The first-order valence-corrected chi connectivity index (χ1v) is 10.9. The number of hydrogen-bond acceptors (Lipinski definition) is 4. The summed E-state index contributed by atoms with van der Waals surface area (Å²) in [5, 5.41) is 2.71. The van der Waals surface area contributed by atoms with Gasteiger partial charge in [-0.2, -0.15) is 0 Å². The van der Waals surface area contributed by atoms with E-state index < -0.39 is 11.9 Å². The van der Waals surface area contributed by atoms with Gasteiger partial charge in [0.1, 0.15) is 5.82 Å². The Bertz CT molecular complexity index is 1020. The standard InChI is InChI=1S/C20H22BrN5O2S/c1-3-26-13(2)23-17-12-14(4-9-18(17)26)19(27)24-25-20(28)22-10-11-29-16-7-5-15(21)6-8-16/h4-9,12H,3,10-11H2,1-2H3,(H,24,27)(H2,22,25,28). The van der Waals surface area contributed by atoms with Crippen LogP contribution in [0.15, 0.2) is 51.8 Å². The van der Waals surface area contributed by atoms with Gasteiger partial charge in [-0.3, -0.25) is 10.2 Å². The predicted molar refractivity (Wildman–Crippen MR) is 119 cm³/mol. The van der Waals surface area contributed by atoms with Gasteiger partial charge in [-0.1, -0.05) is 15.9 Å². The zero-order valence-electron chi connectivity index (χ0n) is 16.2. The van der Waals surface area contributed by atoms with Gasteiger partial charge in [-0.25, -0.2) is 15.2 Å². The van der Waals surface area contributed by atoms with Crippen molar-refractivity contribution in [2.45, 2.75) is 25.3 Å². The Labute approximate surface area is 181 Å². The van der Waals surface area contributed by atoms with Gasteiger partial charge in [0.05, 0.1) is 11.0 Å². The second kappa shape index (κ2) is 9.80. The van der Waals surface area contributed by atoms with Gasteiger partial charge >= 0.3 is 6.03 Å². The molecule has 0 aliphatic carbocycles. The van der Waals surface area contributed by atoms with Crippen LogP contribution in [0.25, 0.3) is 11.0 Å². The lowest BCUT2D eigenvalue weighted by Gasteiger charge is -2.09. The minimum Gasteiger partial charge on any atom is -0.336 e. The Kier molecular flexibility index (Phi) is 7.16. The van der Waals surface area contributed by atoms with Gasteiger partial charge < -0.3 is 9.88 Å². The van der Waals surface area contributed by atoms with Crippen LogP contribution in [-0.2, 0) is 6.54 Å². The average Bonchev–Trinajstić information content (AvgIpc) is 3.04. The van der Waals surface area contributed by atoms with E-state index in [0.29, 0.717) is 12.1 Å². The number of aryl methyl sites for hydroxylation is 2. The Balaban J connectivity index is 1.44.